The van der Waals surface area contributed by atoms with E-state index in [4.69, 9.17) is 4.98 Å². The van der Waals surface area contributed by atoms with Gasteiger partial charge in [0.1, 0.15) is 10.8 Å². The molecule has 0 radical (unpaired) electrons. The first-order chi connectivity index (χ1) is 11.7. The number of Topliss-reactive ketones (excluding diaryl/α,β-unsaturated/α-hetero) is 1. The number of thiazole rings is 1. The first-order valence-electron chi connectivity index (χ1n) is 8.34. The smallest absolute Gasteiger partial charge is 0.166 e. The number of carbonyl (C=O) groups excluding carboxylic acids is 1. The molecule has 1 fully saturated rings. The molecule has 6 heteroatoms. The summed E-state index contributed by atoms with van der Waals surface area (Å²) in [6.45, 7) is 5.89. The summed E-state index contributed by atoms with van der Waals surface area (Å²) < 4.78 is 0. The van der Waals surface area contributed by atoms with Crippen LogP contribution in [0, 0.1) is 6.92 Å². The van der Waals surface area contributed by atoms with Crippen molar-refractivity contribution in [2.75, 3.05) is 31.1 Å². The van der Waals surface area contributed by atoms with Gasteiger partial charge in [-0.15, -0.1) is 11.3 Å². The van der Waals surface area contributed by atoms with E-state index < -0.39 is 0 Å². The first kappa shape index (κ1) is 15.5. The number of nitrogens with one attached hydrogen (secondary N) is 1. The minimum absolute atomic E-state index is 0.158. The molecule has 4 rings (SSSR count). The molecule has 24 heavy (non-hydrogen) atoms. The number of pyridine rings is 1. The number of anilines is 1. The molecule has 0 spiro atoms. The van der Waals surface area contributed by atoms with Gasteiger partial charge in [-0.1, -0.05) is 0 Å². The van der Waals surface area contributed by atoms with E-state index in [0.717, 1.165) is 59.5 Å². The second kappa shape index (κ2) is 6.45. The van der Waals surface area contributed by atoms with Crippen molar-refractivity contribution in [2.45, 2.75) is 19.8 Å². The molecule has 1 aliphatic carbocycles. The van der Waals surface area contributed by atoms with Crippen molar-refractivity contribution < 1.29 is 4.79 Å². The maximum absolute atomic E-state index is 12.5. The first-order valence-corrected chi connectivity index (χ1v) is 9.22. The number of aryl methyl sites for hydroxylation is 2. The van der Waals surface area contributed by atoms with E-state index in [-0.39, 0.29) is 5.78 Å². The van der Waals surface area contributed by atoms with Gasteiger partial charge in [-0.25, -0.2) is 9.97 Å². The minimum Gasteiger partial charge on any atom is -0.354 e. The van der Waals surface area contributed by atoms with Crippen LogP contribution in [0.3, 0.4) is 0 Å². The van der Waals surface area contributed by atoms with E-state index in [2.05, 4.69) is 27.3 Å². The summed E-state index contributed by atoms with van der Waals surface area (Å²) in [5.74, 6) is 1.18. The topological polar surface area (TPSA) is 58.1 Å². The van der Waals surface area contributed by atoms with E-state index >= 15 is 0 Å². The second-order valence-corrected chi connectivity index (χ2v) is 7.08. The van der Waals surface area contributed by atoms with Crippen molar-refractivity contribution in [3.05, 3.63) is 39.5 Å². The molecular weight excluding hydrogens is 320 g/mol. The number of carbonyl (C=O) groups is 1. The third kappa shape index (κ3) is 2.99. The highest BCUT2D eigenvalue weighted by Gasteiger charge is 2.21. The zero-order valence-corrected chi connectivity index (χ0v) is 14.5. The Balaban J connectivity index is 1.69. The van der Waals surface area contributed by atoms with E-state index in [1.54, 1.807) is 0 Å². The monoisotopic (exact) mass is 340 g/mol. The van der Waals surface area contributed by atoms with Crippen LogP contribution < -0.4 is 10.2 Å². The van der Waals surface area contributed by atoms with E-state index in [1.165, 1.54) is 11.3 Å². The lowest BCUT2D eigenvalue weighted by Crippen LogP contribution is -2.44. The normalized spacial score (nSPS) is 18.1. The number of fused-ring (bicyclic) bond motifs is 1. The van der Waals surface area contributed by atoms with Gasteiger partial charge in [-0.2, -0.15) is 0 Å². The molecule has 0 bridgehead atoms. The molecule has 0 aromatic carbocycles. The van der Waals surface area contributed by atoms with Crippen molar-refractivity contribution in [1.29, 1.82) is 0 Å². The van der Waals surface area contributed by atoms with E-state index in [1.807, 2.05) is 18.4 Å². The van der Waals surface area contributed by atoms with Gasteiger partial charge in [0, 0.05) is 43.7 Å². The molecule has 0 amide bonds. The Kier molecular flexibility index (Phi) is 4.16. The molecule has 1 saturated heterocycles. The summed E-state index contributed by atoms with van der Waals surface area (Å²) in [6, 6.07) is 4.17. The number of nitrogens with zero attached hydrogens (tertiary/aromatic N) is 3. The highest BCUT2D eigenvalue weighted by Crippen LogP contribution is 2.29. The number of aromatic nitrogens is 2. The Hall–Kier alpha value is -2.05. The van der Waals surface area contributed by atoms with Gasteiger partial charge in [0.25, 0.3) is 0 Å². The summed E-state index contributed by atoms with van der Waals surface area (Å²) in [5, 5.41) is 6.16. The summed E-state index contributed by atoms with van der Waals surface area (Å²) >= 11 is 1.53. The molecule has 2 aliphatic rings. The van der Waals surface area contributed by atoms with Gasteiger partial charge in [-0.05, 0) is 37.1 Å². The van der Waals surface area contributed by atoms with Gasteiger partial charge in [0.2, 0.25) is 0 Å². The number of rotatable bonds is 2. The van der Waals surface area contributed by atoms with Crippen LogP contribution in [0.25, 0.3) is 11.6 Å². The molecule has 5 nitrogen and oxygen atoms in total. The van der Waals surface area contributed by atoms with Gasteiger partial charge in [0.15, 0.2) is 5.78 Å². The highest BCUT2D eigenvalue weighted by molar-refractivity contribution is 7.11. The van der Waals surface area contributed by atoms with Crippen LogP contribution in [0.2, 0.25) is 0 Å². The molecular formula is C18H20N4OS. The van der Waals surface area contributed by atoms with Crippen molar-refractivity contribution in [3.63, 3.8) is 0 Å². The quantitative estimate of drug-likeness (QED) is 0.909. The third-order valence-corrected chi connectivity index (χ3v) is 5.47. The minimum atomic E-state index is 0.158. The second-order valence-electron chi connectivity index (χ2n) is 6.22. The Morgan fingerprint density at radius 1 is 1.17 bits per heavy atom. The van der Waals surface area contributed by atoms with Gasteiger partial charge in [0.05, 0.1) is 11.3 Å². The van der Waals surface area contributed by atoms with Crippen LogP contribution in [0.4, 0.5) is 5.82 Å². The van der Waals surface area contributed by atoms with Crippen LogP contribution in [-0.2, 0) is 11.2 Å². The zero-order chi connectivity index (χ0) is 16.5. The van der Waals surface area contributed by atoms with Crippen molar-refractivity contribution in [2.24, 2.45) is 0 Å². The number of ketones is 1. The highest BCUT2D eigenvalue weighted by atomic mass is 32.1. The number of allylic oxidation sites excluding steroid dienone is 1. The van der Waals surface area contributed by atoms with Gasteiger partial charge < -0.3 is 10.2 Å². The summed E-state index contributed by atoms with van der Waals surface area (Å²) in [6.07, 6.45) is 3.16. The molecule has 1 N–H and O–H groups in total. The maximum Gasteiger partial charge on any atom is 0.166 e. The van der Waals surface area contributed by atoms with Crippen molar-refractivity contribution in [1.82, 2.24) is 15.3 Å². The van der Waals surface area contributed by atoms with Crippen molar-refractivity contribution >= 4 is 34.6 Å². The predicted octanol–water partition coefficient (Wildman–Crippen LogP) is 2.31. The largest absolute Gasteiger partial charge is 0.354 e. The average molecular weight is 340 g/mol. The summed E-state index contributed by atoms with van der Waals surface area (Å²) in [4.78, 5) is 24.2. The Morgan fingerprint density at radius 3 is 2.75 bits per heavy atom. The fourth-order valence-corrected chi connectivity index (χ4v) is 3.99. The molecule has 0 saturated carbocycles. The average Bonchev–Trinajstić information content (AvgIpc) is 2.97. The van der Waals surface area contributed by atoms with Gasteiger partial charge in [-0.3, -0.25) is 4.79 Å². The predicted molar refractivity (Wildman–Crippen MR) is 97.4 cm³/mol. The van der Waals surface area contributed by atoms with Crippen LogP contribution in [0.1, 0.15) is 28.4 Å². The maximum atomic E-state index is 12.5. The summed E-state index contributed by atoms with van der Waals surface area (Å²) in [7, 11) is 0. The SMILES string of the molecule is Cc1csc(C2=Cc3ccc(N4CCNCC4)nc3CCC2=O)n1. The molecule has 124 valence electrons. The number of hydrogen-bond acceptors (Lipinski definition) is 6. The lowest BCUT2D eigenvalue weighted by molar-refractivity contribution is -0.113. The molecule has 0 unspecified atom stereocenters. The Labute approximate surface area is 145 Å². The lowest BCUT2D eigenvalue weighted by atomic mass is 10.1. The molecule has 2 aromatic heterocycles. The molecule has 3 heterocycles. The zero-order valence-electron chi connectivity index (χ0n) is 13.7. The van der Waals surface area contributed by atoms with E-state index in [9.17, 15) is 4.79 Å². The van der Waals surface area contributed by atoms with E-state index in [0.29, 0.717) is 12.8 Å². The number of piperazine rings is 1. The Bertz CT molecular complexity index is 805. The fourth-order valence-electron chi connectivity index (χ4n) is 3.16. The van der Waals surface area contributed by atoms with Crippen molar-refractivity contribution in [3.8, 4) is 0 Å². The standard InChI is InChI=1S/C18H20N4OS/c1-12-11-24-18(20-12)14-10-13-2-5-17(22-8-6-19-7-9-22)21-15(13)3-4-16(14)23/h2,5,10-11,19H,3-4,6-9H2,1H3. The molecule has 2 aromatic rings. The number of hydrogen-bond donors (Lipinski definition) is 1. The van der Waals surface area contributed by atoms with Crippen LogP contribution in [0.15, 0.2) is 17.5 Å². The third-order valence-electron chi connectivity index (χ3n) is 4.47. The fraction of sp³-hybridized carbons (Fsp3) is 0.389. The lowest BCUT2D eigenvalue weighted by Gasteiger charge is -2.28. The van der Waals surface area contributed by atoms with Gasteiger partial charge >= 0.3 is 0 Å². The van der Waals surface area contributed by atoms with Crippen LogP contribution >= 0.6 is 11.3 Å². The van der Waals surface area contributed by atoms with Crippen LogP contribution in [-0.4, -0.2) is 41.9 Å². The summed E-state index contributed by atoms with van der Waals surface area (Å²) in [5.41, 5.74) is 3.74. The Morgan fingerprint density at radius 2 is 2.00 bits per heavy atom. The molecule has 0 atom stereocenters. The molecule has 1 aliphatic heterocycles. The van der Waals surface area contributed by atoms with Crippen LogP contribution in [0.5, 0.6) is 0 Å².